The number of rotatable bonds is 8. The van der Waals surface area contributed by atoms with Gasteiger partial charge in [0.25, 0.3) is 5.91 Å². The van der Waals surface area contributed by atoms with Gasteiger partial charge in [-0.05, 0) is 61.7 Å². The molecule has 1 aromatic heterocycles. The van der Waals surface area contributed by atoms with Gasteiger partial charge in [0.05, 0.1) is 28.3 Å². The molecule has 3 aromatic rings. The maximum absolute atomic E-state index is 13.8. The second-order valence-corrected chi connectivity index (χ2v) is 13.6. The van der Waals surface area contributed by atoms with E-state index in [0.29, 0.717) is 30.3 Å². The number of nitrogens with zero attached hydrogens (tertiary/aromatic N) is 4. The topological polar surface area (TPSA) is 83.1 Å². The molecule has 2 aliphatic heterocycles. The quantitative estimate of drug-likeness (QED) is 0.353. The van der Waals surface area contributed by atoms with Crippen LogP contribution >= 0.6 is 27.3 Å². The SMILES string of the molecule is O=C(c1ccc(S(=O)(=O)N2CCCCCC2)cc1)N(CCCN1CCOCC1)c1nc2ccc(Br)cc2s1. The van der Waals surface area contributed by atoms with Crippen LogP contribution in [-0.2, 0) is 14.8 Å². The van der Waals surface area contributed by atoms with E-state index in [-0.39, 0.29) is 10.8 Å². The molecule has 1 amide bonds. The summed E-state index contributed by atoms with van der Waals surface area (Å²) < 4.78 is 35.4. The van der Waals surface area contributed by atoms with Crippen molar-refractivity contribution in [3.8, 4) is 0 Å². The van der Waals surface area contributed by atoms with Crippen molar-refractivity contribution < 1.29 is 17.9 Å². The standard InChI is InChI=1S/C27H33BrN4O4S2/c28-22-8-11-24-25(20-22)37-27(29-24)32(15-5-12-30-16-18-36-19-17-30)26(33)21-6-9-23(10-7-21)38(34,35)31-13-3-1-2-4-14-31/h6-11,20H,1-5,12-19H2. The van der Waals surface area contributed by atoms with Gasteiger partial charge in [0, 0.05) is 49.3 Å². The van der Waals surface area contributed by atoms with Crippen LogP contribution in [0.25, 0.3) is 10.2 Å². The third-order valence-electron chi connectivity index (χ3n) is 7.08. The number of anilines is 1. The summed E-state index contributed by atoms with van der Waals surface area (Å²) in [7, 11) is -3.57. The Morgan fingerprint density at radius 1 is 1.00 bits per heavy atom. The van der Waals surface area contributed by atoms with E-state index in [1.807, 2.05) is 18.2 Å². The molecule has 0 radical (unpaired) electrons. The molecule has 2 aliphatic rings. The molecule has 38 heavy (non-hydrogen) atoms. The molecule has 5 rings (SSSR count). The maximum atomic E-state index is 13.8. The molecule has 204 valence electrons. The third kappa shape index (κ3) is 6.46. The molecule has 2 saturated heterocycles. The number of hydrogen-bond donors (Lipinski definition) is 0. The van der Waals surface area contributed by atoms with E-state index in [9.17, 15) is 13.2 Å². The first-order valence-corrected chi connectivity index (χ1v) is 16.2. The van der Waals surface area contributed by atoms with Crippen LogP contribution in [0.5, 0.6) is 0 Å². The molecule has 0 aliphatic carbocycles. The van der Waals surface area contributed by atoms with Crippen LogP contribution in [0.1, 0.15) is 42.5 Å². The van der Waals surface area contributed by atoms with E-state index in [4.69, 9.17) is 9.72 Å². The maximum Gasteiger partial charge on any atom is 0.260 e. The average Bonchev–Trinajstić information content (AvgIpc) is 3.14. The van der Waals surface area contributed by atoms with E-state index in [0.717, 1.165) is 79.6 Å². The number of ether oxygens (including phenoxy) is 1. The van der Waals surface area contributed by atoms with Gasteiger partial charge >= 0.3 is 0 Å². The molecule has 0 N–H and O–H groups in total. The third-order valence-corrected chi connectivity index (χ3v) is 10.5. The van der Waals surface area contributed by atoms with E-state index in [1.54, 1.807) is 33.5 Å². The Bertz CT molecular complexity index is 1350. The predicted octanol–water partition coefficient (Wildman–Crippen LogP) is 4.99. The molecule has 0 bridgehead atoms. The van der Waals surface area contributed by atoms with Crippen molar-refractivity contribution in [2.24, 2.45) is 0 Å². The van der Waals surface area contributed by atoms with Gasteiger partial charge in [-0.1, -0.05) is 40.1 Å². The van der Waals surface area contributed by atoms with Crippen molar-refractivity contribution in [2.75, 3.05) is 57.4 Å². The summed E-state index contributed by atoms with van der Waals surface area (Å²) in [6, 6.07) is 12.3. The number of amides is 1. The molecular weight excluding hydrogens is 588 g/mol. The zero-order valence-corrected chi connectivity index (χ0v) is 24.6. The first-order chi connectivity index (χ1) is 18.4. The highest BCUT2D eigenvalue weighted by Gasteiger charge is 2.27. The van der Waals surface area contributed by atoms with Gasteiger partial charge in [0.1, 0.15) is 0 Å². The van der Waals surface area contributed by atoms with Crippen LogP contribution in [0.3, 0.4) is 0 Å². The number of carbonyl (C=O) groups is 1. The molecule has 3 heterocycles. The zero-order chi connectivity index (χ0) is 26.5. The van der Waals surface area contributed by atoms with Crippen LogP contribution in [0, 0.1) is 0 Å². The lowest BCUT2D eigenvalue weighted by atomic mass is 10.2. The van der Waals surface area contributed by atoms with Gasteiger partial charge in [0.15, 0.2) is 5.13 Å². The number of benzene rings is 2. The number of carbonyl (C=O) groups excluding carboxylic acids is 1. The zero-order valence-electron chi connectivity index (χ0n) is 21.4. The number of aromatic nitrogens is 1. The normalized spacial score (nSPS) is 17.9. The van der Waals surface area contributed by atoms with Gasteiger partial charge in [0.2, 0.25) is 10.0 Å². The minimum atomic E-state index is -3.57. The molecular formula is C27H33BrN4O4S2. The lowest BCUT2D eigenvalue weighted by Gasteiger charge is -2.27. The summed E-state index contributed by atoms with van der Waals surface area (Å²) in [6.07, 6.45) is 4.68. The number of hydrogen-bond acceptors (Lipinski definition) is 7. The lowest BCUT2D eigenvalue weighted by molar-refractivity contribution is 0.0376. The number of thiazole rings is 1. The summed E-state index contributed by atoms with van der Waals surface area (Å²) in [5.74, 6) is -0.177. The van der Waals surface area contributed by atoms with Gasteiger partial charge in [-0.15, -0.1) is 0 Å². The largest absolute Gasteiger partial charge is 0.379 e. The fraction of sp³-hybridized carbons (Fsp3) is 0.481. The van der Waals surface area contributed by atoms with Gasteiger partial charge in [-0.2, -0.15) is 4.31 Å². The summed E-state index contributed by atoms with van der Waals surface area (Å²) in [4.78, 5) is 22.8. The fourth-order valence-corrected chi connectivity index (χ4v) is 7.98. The summed E-state index contributed by atoms with van der Waals surface area (Å²) >= 11 is 5.00. The Morgan fingerprint density at radius 3 is 2.42 bits per heavy atom. The molecule has 11 heteroatoms. The summed E-state index contributed by atoms with van der Waals surface area (Å²) in [5, 5.41) is 0.645. The van der Waals surface area contributed by atoms with Crippen molar-refractivity contribution in [1.82, 2.24) is 14.2 Å². The predicted molar refractivity (Wildman–Crippen MR) is 155 cm³/mol. The van der Waals surface area contributed by atoms with Crippen LogP contribution in [0.15, 0.2) is 51.8 Å². The smallest absolute Gasteiger partial charge is 0.260 e. The molecule has 2 aromatic carbocycles. The Balaban J connectivity index is 1.36. The average molecular weight is 622 g/mol. The van der Waals surface area contributed by atoms with Crippen molar-refractivity contribution in [3.05, 3.63) is 52.5 Å². The second kappa shape index (κ2) is 12.5. The Hall–Kier alpha value is -1.89. The second-order valence-electron chi connectivity index (χ2n) is 9.72. The van der Waals surface area contributed by atoms with Crippen LogP contribution in [-0.4, -0.2) is 81.0 Å². The molecule has 8 nitrogen and oxygen atoms in total. The molecule has 0 saturated carbocycles. The molecule has 0 atom stereocenters. The van der Waals surface area contributed by atoms with E-state index < -0.39 is 10.0 Å². The highest BCUT2D eigenvalue weighted by molar-refractivity contribution is 9.10. The highest BCUT2D eigenvalue weighted by atomic mass is 79.9. The summed E-state index contributed by atoms with van der Waals surface area (Å²) in [5.41, 5.74) is 1.30. The van der Waals surface area contributed by atoms with Crippen molar-refractivity contribution in [3.63, 3.8) is 0 Å². The van der Waals surface area contributed by atoms with Crippen LogP contribution < -0.4 is 4.90 Å². The number of halogens is 1. The lowest BCUT2D eigenvalue weighted by Crippen LogP contribution is -2.39. The Morgan fingerprint density at radius 2 is 1.71 bits per heavy atom. The monoisotopic (exact) mass is 620 g/mol. The van der Waals surface area contributed by atoms with E-state index in [1.165, 1.54) is 11.3 Å². The first kappa shape index (κ1) is 27.7. The van der Waals surface area contributed by atoms with Crippen LogP contribution in [0.4, 0.5) is 5.13 Å². The van der Waals surface area contributed by atoms with Gasteiger partial charge in [-0.3, -0.25) is 14.6 Å². The van der Waals surface area contributed by atoms with Crippen LogP contribution in [0.2, 0.25) is 0 Å². The van der Waals surface area contributed by atoms with Crippen molar-refractivity contribution in [2.45, 2.75) is 37.0 Å². The van der Waals surface area contributed by atoms with Crippen molar-refractivity contribution >= 4 is 58.5 Å². The Kier molecular flexibility index (Phi) is 9.12. The van der Waals surface area contributed by atoms with E-state index >= 15 is 0 Å². The van der Waals surface area contributed by atoms with Gasteiger partial charge < -0.3 is 4.74 Å². The molecule has 2 fully saturated rings. The van der Waals surface area contributed by atoms with E-state index in [2.05, 4.69) is 20.8 Å². The number of sulfonamides is 1. The minimum absolute atomic E-state index is 0.177. The van der Waals surface area contributed by atoms with Gasteiger partial charge in [-0.25, -0.2) is 13.4 Å². The number of fused-ring (bicyclic) bond motifs is 1. The van der Waals surface area contributed by atoms with Crippen molar-refractivity contribution in [1.29, 1.82) is 0 Å². The number of morpholine rings is 1. The summed E-state index contributed by atoms with van der Waals surface area (Å²) in [6.45, 7) is 5.76. The molecule has 0 unspecified atom stereocenters. The first-order valence-electron chi connectivity index (χ1n) is 13.2. The Labute approximate surface area is 236 Å². The fourth-order valence-electron chi connectivity index (χ4n) is 4.92. The minimum Gasteiger partial charge on any atom is -0.379 e. The molecule has 0 spiro atoms. The highest BCUT2D eigenvalue weighted by Crippen LogP contribution is 2.32.